The Hall–Kier alpha value is -3.59. The number of nitrogens with one attached hydrogen (secondary N) is 2. The summed E-state index contributed by atoms with van der Waals surface area (Å²) < 4.78 is 0. The van der Waals surface area contributed by atoms with Crippen LogP contribution in [0.3, 0.4) is 0 Å². The number of amides is 2. The highest BCUT2D eigenvalue weighted by Crippen LogP contribution is 2.26. The van der Waals surface area contributed by atoms with Crippen LogP contribution in [0.1, 0.15) is 55.1 Å². The Morgan fingerprint density at radius 3 is 2.67 bits per heavy atom. The number of likely N-dealkylation sites (tertiary alicyclic amines) is 1. The molecule has 2 N–H and O–H groups in total. The number of nitriles is 1. The van der Waals surface area contributed by atoms with Gasteiger partial charge in [0.25, 0.3) is 0 Å². The normalized spacial score (nSPS) is 17.7. The average molecular weight is 442 g/mol. The zero-order valence-corrected chi connectivity index (χ0v) is 19.1. The predicted octanol–water partition coefficient (Wildman–Crippen LogP) is 4.94. The first-order valence-electron chi connectivity index (χ1n) is 11.7. The van der Waals surface area contributed by atoms with E-state index in [2.05, 4.69) is 45.6 Å². The molecule has 2 atom stereocenters. The molecule has 1 aliphatic heterocycles. The monoisotopic (exact) mass is 441 g/mol. The molecule has 33 heavy (non-hydrogen) atoms. The van der Waals surface area contributed by atoms with Crippen LogP contribution in [-0.2, 0) is 18.4 Å². The van der Waals surface area contributed by atoms with E-state index in [-0.39, 0.29) is 12.1 Å². The van der Waals surface area contributed by atoms with Crippen LogP contribution in [0.15, 0.2) is 67.0 Å². The van der Waals surface area contributed by atoms with Crippen LogP contribution in [0.25, 0.3) is 0 Å². The van der Waals surface area contributed by atoms with Gasteiger partial charge in [-0.15, -0.1) is 0 Å². The van der Waals surface area contributed by atoms with Gasteiger partial charge in [-0.25, -0.2) is 9.78 Å². The molecule has 0 aliphatic carbocycles. The van der Waals surface area contributed by atoms with Gasteiger partial charge in [-0.05, 0) is 62.3 Å². The molecule has 0 spiro atoms. The van der Waals surface area contributed by atoms with E-state index in [0.29, 0.717) is 12.0 Å². The van der Waals surface area contributed by atoms with Crippen molar-refractivity contribution in [2.45, 2.75) is 57.0 Å². The lowest BCUT2D eigenvalue weighted by Gasteiger charge is -2.39. The van der Waals surface area contributed by atoms with Gasteiger partial charge >= 0.3 is 6.03 Å². The minimum Gasteiger partial charge on any atom is -0.347 e. The van der Waals surface area contributed by atoms with Crippen molar-refractivity contribution in [2.24, 2.45) is 0 Å². The number of hydrogen-bond donors (Lipinski definition) is 2. The van der Waals surface area contributed by atoms with Gasteiger partial charge < -0.3 is 15.2 Å². The number of rotatable bonds is 7. The molecule has 2 aromatic carbocycles. The van der Waals surface area contributed by atoms with Gasteiger partial charge in [0, 0.05) is 31.4 Å². The van der Waals surface area contributed by atoms with Gasteiger partial charge in [0.15, 0.2) is 0 Å². The van der Waals surface area contributed by atoms with E-state index in [1.165, 1.54) is 5.56 Å². The molecular weight excluding hydrogens is 410 g/mol. The maximum atomic E-state index is 13.6. The van der Waals surface area contributed by atoms with Crippen LogP contribution < -0.4 is 5.32 Å². The fourth-order valence-corrected chi connectivity index (χ4v) is 4.71. The van der Waals surface area contributed by atoms with E-state index < -0.39 is 5.54 Å². The molecule has 6 heteroatoms. The Kier molecular flexibility index (Phi) is 7.09. The van der Waals surface area contributed by atoms with E-state index in [9.17, 15) is 4.79 Å². The summed E-state index contributed by atoms with van der Waals surface area (Å²) in [4.78, 5) is 23.2. The third-order valence-electron chi connectivity index (χ3n) is 6.54. The van der Waals surface area contributed by atoms with Crippen molar-refractivity contribution in [1.29, 1.82) is 5.26 Å². The van der Waals surface area contributed by atoms with Gasteiger partial charge in [-0.3, -0.25) is 0 Å². The summed E-state index contributed by atoms with van der Waals surface area (Å²) >= 11 is 0. The maximum Gasteiger partial charge on any atom is 0.318 e. The maximum absolute atomic E-state index is 13.6. The molecule has 3 aromatic rings. The number of hydrogen-bond acceptors (Lipinski definition) is 3. The number of aryl methyl sites for hydroxylation is 1. The predicted molar refractivity (Wildman–Crippen MR) is 128 cm³/mol. The topological polar surface area (TPSA) is 84.8 Å². The van der Waals surface area contributed by atoms with Crippen LogP contribution in [0.5, 0.6) is 0 Å². The number of urea groups is 1. The molecule has 1 aliphatic rings. The molecule has 2 unspecified atom stereocenters. The molecule has 0 bridgehead atoms. The number of H-pyrrole nitrogens is 1. The molecule has 1 saturated heterocycles. The fraction of sp³-hybridized carbons (Fsp3) is 0.370. The number of aromatic amines is 1. The zero-order valence-electron chi connectivity index (χ0n) is 19.1. The first-order chi connectivity index (χ1) is 16.1. The second-order valence-electron chi connectivity index (χ2n) is 9.05. The summed E-state index contributed by atoms with van der Waals surface area (Å²) in [6.07, 6.45) is 9.21. The van der Waals surface area contributed by atoms with Gasteiger partial charge in [-0.2, -0.15) is 5.26 Å². The van der Waals surface area contributed by atoms with Gasteiger partial charge in [0.2, 0.25) is 0 Å². The summed E-state index contributed by atoms with van der Waals surface area (Å²) in [5.74, 6) is 0.720. The van der Waals surface area contributed by atoms with Crippen molar-refractivity contribution in [3.63, 3.8) is 0 Å². The third-order valence-corrected chi connectivity index (χ3v) is 6.54. The van der Waals surface area contributed by atoms with Gasteiger partial charge in [0.1, 0.15) is 11.4 Å². The number of aromatic nitrogens is 2. The summed E-state index contributed by atoms with van der Waals surface area (Å²) in [7, 11) is 0. The van der Waals surface area contributed by atoms with Crippen LogP contribution in [0, 0.1) is 11.3 Å². The number of piperidine rings is 1. The van der Waals surface area contributed by atoms with Crippen LogP contribution >= 0.6 is 0 Å². The first kappa shape index (κ1) is 22.6. The molecule has 6 nitrogen and oxygen atoms in total. The molecule has 0 radical (unpaired) electrons. The van der Waals surface area contributed by atoms with Crippen molar-refractivity contribution in [1.82, 2.24) is 20.2 Å². The molecule has 2 amide bonds. The zero-order chi connectivity index (χ0) is 23.1. The standard InChI is InChI=1S/C27H31N5O/c1-27(25-29-16-17-30-25,19-22-10-12-23(20-28)13-11-22)31-26(33)32-18-6-5-9-24(32)15-14-21-7-3-2-4-8-21/h2-4,7-8,10-13,16-17,24H,5-6,9,14-15,18-19H2,1H3,(H,29,30)(H,31,33). The molecule has 1 aromatic heterocycles. The van der Waals surface area contributed by atoms with E-state index >= 15 is 0 Å². The van der Waals surface area contributed by atoms with E-state index in [1.807, 2.05) is 42.2 Å². The lowest BCUT2D eigenvalue weighted by molar-refractivity contribution is 0.136. The second kappa shape index (κ2) is 10.4. The quantitative estimate of drug-likeness (QED) is 0.545. The Labute approximate surface area is 195 Å². The lowest BCUT2D eigenvalue weighted by atomic mass is 9.91. The fourth-order valence-electron chi connectivity index (χ4n) is 4.71. The van der Waals surface area contributed by atoms with Crippen molar-refractivity contribution < 1.29 is 4.79 Å². The Morgan fingerprint density at radius 2 is 1.97 bits per heavy atom. The minimum atomic E-state index is -0.698. The Bertz CT molecular complexity index is 1070. The second-order valence-corrected chi connectivity index (χ2v) is 9.05. The smallest absolute Gasteiger partial charge is 0.318 e. The molecule has 2 heterocycles. The first-order valence-corrected chi connectivity index (χ1v) is 11.7. The molecule has 0 saturated carbocycles. The number of carbonyl (C=O) groups excluding carboxylic acids is 1. The van der Waals surface area contributed by atoms with E-state index in [4.69, 9.17) is 5.26 Å². The van der Waals surface area contributed by atoms with E-state index in [0.717, 1.165) is 50.0 Å². The number of imidazole rings is 1. The van der Waals surface area contributed by atoms with Crippen LogP contribution in [0.2, 0.25) is 0 Å². The van der Waals surface area contributed by atoms with E-state index in [1.54, 1.807) is 12.4 Å². The highest BCUT2D eigenvalue weighted by molar-refractivity contribution is 5.75. The Balaban J connectivity index is 1.49. The number of benzene rings is 2. The highest BCUT2D eigenvalue weighted by atomic mass is 16.2. The minimum absolute atomic E-state index is 0.0414. The van der Waals surface area contributed by atoms with Gasteiger partial charge in [0.05, 0.1) is 11.6 Å². The van der Waals surface area contributed by atoms with Crippen molar-refractivity contribution in [3.8, 4) is 6.07 Å². The van der Waals surface area contributed by atoms with Gasteiger partial charge in [-0.1, -0.05) is 42.5 Å². The summed E-state index contributed by atoms with van der Waals surface area (Å²) in [5.41, 5.74) is 2.27. The van der Waals surface area contributed by atoms with Crippen LogP contribution in [-0.4, -0.2) is 33.5 Å². The van der Waals surface area contributed by atoms with Crippen molar-refractivity contribution in [3.05, 3.63) is 89.5 Å². The summed E-state index contributed by atoms with van der Waals surface area (Å²) in [6.45, 7) is 2.78. The molecule has 1 fully saturated rings. The van der Waals surface area contributed by atoms with Crippen molar-refractivity contribution >= 4 is 6.03 Å². The van der Waals surface area contributed by atoms with Crippen molar-refractivity contribution in [2.75, 3.05) is 6.54 Å². The van der Waals surface area contributed by atoms with Crippen LogP contribution in [0.4, 0.5) is 4.79 Å². The third kappa shape index (κ3) is 5.61. The largest absolute Gasteiger partial charge is 0.347 e. The number of nitrogens with zero attached hydrogens (tertiary/aromatic N) is 3. The number of carbonyl (C=O) groups is 1. The average Bonchev–Trinajstić information content (AvgIpc) is 3.40. The molecule has 4 rings (SSSR count). The molecule has 170 valence electrons. The SMILES string of the molecule is CC(Cc1ccc(C#N)cc1)(NC(=O)N1CCCCC1CCc1ccccc1)c1ncc[nH]1. The Morgan fingerprint density at radius 1 is 1.18 bits per heavy atom. The summed E-state index contributed by atoms with van der Waals surface area (Å²) in [5, 5.41) is 12.4. The molecular formula is C27H31N5O. The highest BCUT2D eigenvalue weighted by Gasteiger charge is 2.35. The lowest BCUT2D eigenvalue weighted by Crippen LogP contribution is -2.55. The summed E-state index contributed by atoms with van der Waals surface area (Å²) in [6, 6.07) is 20.3.